The topological polar surface area (TPSA) is 41.1 Å². The Kier molecular flexibility index (Phi) is 9.59. The third-order valence-electron chi connectivity index (χ3n) is 2.43. The summed E-state index contributed by atoms with van der Waals surface area (Å²) in [6.45, 7) is 7.94. The fourth-order valence-corrected chi connectivity index (χ4v) is 1.48. The summed E-state index contributed by atoms with van der Waals surface area (Å²) >= 11 is 0. The van der Waals surface area contributed by atoms with Crippen molar-refractivity contribution in [3.63, 3.8) is 0 Å². The first kappa shape index (κ1) is 14.4. The number of hydrogen-bond donors (Lipinski definition) is 2. The number of unbranched alkanes of at least 4 members (excludes halogenated alkanes) is 2. The van der Waals surface area contributed by atoms with Gasteiger partial charge in [-0.2, -0.15) is 0 Å². The fraction of sp³-hybridized carbons (Fsp3) is 0.917. The van der Waals surface area contributed by atoms with E-state index in [1.54, 1.807) is 0 Å². The van der Waals surface area contributed by atoms with E-state index in [2.05, 4.69) is 24.5 Å². The SMILES string of the molecule is CCCCNC(CCCC)C(=O)NCC.[HH]. The van der Waals surface area contributed by atoms with Gasteiger partial charge in [-0.3, -0.25) is 4.79 Å². The Balaban J connectivity index is 0. The molecule has 2 N–H and O–H groups in total. The zero-order chi connectivity index (χ0) is 11.5. The highest BCUT2D eigenvalue weighted by Crippen LogP contribution is 2.01. The van der Waals surface area contributed by atoms with Gasteiger partial charge in [0.2, 0.25) is 5.91 Å². The van der Waals surface area contributed by atoms with Gasteiger partial charge < -0.3 is 10.6 Å². The van der Waals surface area contributed by atoms with Crippen molar-refractivity contribution in [1.82, 2.24) is 10.6 Å². The molecule has 0 aliphatic carbocycles. The Labute approximate surface area is 95.5 Å². The van der Waals surface area contributed by atoms with Gasteiger partial charge in [-0.05, 0) is 26.3 Å². The van der Waals surface area contributed by atoms with Crippen LogP contribution in [0.5, 0.6) is 0 Å². The van der Waals surface area contributed by atoms with Crippen LogP contribution in [0.2, 0.25) is 0 Å². The maximum absolute atomic E-state index is 11.7. The lowest BCUT2D eigenvalue weighted by Crippen LogP contribution is -2.44. The second-order valence-corrected chi connectivity index (χ2v) is 3.90. The van der Waals surface area contributed by atoms with Gasteiger partial charge in [-0.15, -0.1) is 0 Å². The third-order valence-corrected chi connectivity index (χ3v) is 2.43. The van der Waals surface area contributed by atoms with Crippen LogP contribution < -0.4 is 10.6 Å². The molecule has 0 bridgehead atoms. The Bertz CT molecular complexity index is 165. The molecule has 1 atom stereocenters. The van der Waals surface area contributed by atoms with Crippen molar-refractivity contribution in [2.24, 2.45) is 0 Å². The molecule has 0 aromatic rings. The Hall–Kier alpha value is -0.570. The van der Waals surface area contributed by atoms with Crippen LogP contribution in [-0.4, -0.2) is 25.0 Å². The molecule has 0 aromatic carbocycles. The van der Waals surface area contributed by atoms with Crippen molar-refractivity contribution in [3.8, 4) is 0 Å². The summed E-state index contributed by atoms with van der Waals surface area (Å²) in [6.07, 6.45) is 5.52. The van der Waals surface area contributed by atoms with E-state index in [-0.39, 0.29) is 13.4 Å². The average molecular weight is 216 g/mol. The van der Waals surface area contributed by atoms with Crippen LogP contribution in [0.15, 0.2) is 0 Å². The molecule has 1 amide bonds. The molecule has 0 saturated carbocycles. The minimum atomic E-state index is 0. The lowest BCUT2D eigenvalue weighted by atomic mass is 10.1. The number of hydrogen-bond acceptors (Lipinski definition) is 2. The zero-order valence-electron chi connectivity index (χ0n) is 10.4. The monoisotopic (exact) mass is 216 g/mol. The smallest absolute Gasteiger partial charge is 0.237 e. The molecule has 0 aliphatic rings. The van der Waals surface area contributed by atoms with Gasteiger partial charge in [-0.25, -0.2) is 0 Å². The Morgan fingerprint density at radius 2 is 1.87 bits per heavy atom. The summed E-state index contributed by atoms with van der Waals surface area (Å²) in [5.74, 6) is 0.155. The van der Waals surface area contributed by atoms with Gasteiger partial charge in [-0.1, -0.05) is 33.1 Å². The molecule has 3 nitrogen and oxygen atoms in total. The van der Waals surface area contributed by atoms with Gasteiger partial charge in [0.25, 0.3) is 0 Å². The van der Waals surface area contributed by atoms with Gasteiger partial charge in [0, 0.05) is 7.97 Å². The highest BCUT2D eigenvalue weighted by atomic mass is 16.2. The van der Waals surface area contributed by atoms with Crippen molar-refractivity contribution in [3.05, 3.63) is 0 Å². The summed E-state index contributed by atoms with van der Waals surface area (Å²) in [7, 11) is 0. The number of likely N-dealkylation sites (N-methyl/N-ethyl adjacent to an activating group) is 1. The maximum atomic E-state index is 11.7. The van der Waals surface area contributed by atoms with Crippen molar-refractivity contribution in [2.45, 2.75) is 58.9 Å². The number of amides is 1. The van der Waals surface area contributed by atoms with Crippen LogP contribution in [0.1, 0.15) is 54.3 Å². The molecule has 0 rings (SSSR count). The van der Waals surface area contributed by atoms with Crippen LogP contribution in [0.4, 0.5) is 0 Å². The highest BCUT2D eigenvalue weighted by molar-refractivity contribution is 5.81. The van der Waals surface area contributed by atoms with E-state index in [9.17, 15) is 4.79 Å². The summed E-state index contributed by atoms with van der Waals surface area (Å²) in [6, 6.07) is 0.0106. The second kappa shape index (κ2) is 9.97. The lowest BCUT2D eigenvalue weighted by Gasteiger charge is -2.17. The first-order valence-electron chi connectivity index (χ1n) is 6.27. The molecule has 0 radical (unpaired) electrons. The van der Waals surface area contributed by atoms with E-state index >= 15 is 0 Å². The number of carbonyl (C=O) groups excluding carboxylic acids is 1. The molecule has 15 heavy (non-hydrogen) atoms. The van der Waals surface area contributed by atoms with Crippen molar-refractivity contribution >= 4 is 5.91 Å². The van der Waals surface area contributed by atoms with E-state index in [4.69, 9.17) is 0 Å². The van der Waals surface area contributed by atoms with Crippen LogP contribution in [-0.2, 0) is 4.79 Å². The van der Waals surface area contributed by atoms with Crippen molar-refractivity contribution < 1.29 is 6.22 Å². The van der Waals surface area contributed by atoms with Crippen LogP contribution in [0, 0.1) is 0 Å². The van der Waals surface area contributed by atoms with Gasteiger partial charge in [0.15, 0.2) is 0 Å². The molecule has 0 aromatic heterocycles. The maximum Gasteiger partial charge on any atom is 0.237 e. The van der Waals surface area contributed by atoms with Crippen LogP contribution in [0.25, 0.3) is 0 Å². The summed E-state index contributed by atoms with van der Waals surface area (Å²) in [5, 5.41) is 6.21. The standard InChI is InChI=1S/C12H26N2O.H2/c1-4-7-9-11(12(15)13-6-3)14-10-8-5-2;/h11,14H,4-10H2,1-3H3,(H,13,15);1H. The molecule has 0 aliphatic heterocycles. The Morgan fingerprint density at radius 3 is 2.40 bits per heavy atom. The molecule has 0 saturated heterocycles. The van der Waals surface area contributed by atoms with Crippen LogP contribution >= 0.6 is 0 Å². The molecule has 0 spiro atoms. The van der Waals surface area contributed by atoms with Crippen molar-refractivity contribution in [2.75, 3.05) is 13.1 Å². The highest BCUT2D eigenvalue weighted by Gasteiger charge is 2.15. The quantitative estimate of drug-likeness (QED) is 0.581. The van der Waals surface area contributed by atoms with Crippen LogP contribution in [0.3, 0.4) is 0 Å². The zero-order valence-corrected chi connectivity index (χ0v) is 10.4. The van der Waals surface area contributed by atoms with E-state index in [0.717, 1.165) is 38.8 Å². The van der Waals surface area contributed by atoms with E-state index in [1.807, 2.05) is 6.92 Å². The first-order chi connectivity index (χ1) is 7.26. The summed E-state index contributed by atoms with van der Waals surface area (Å²) in [4.78, 5) is 11.7. The molecule has 92 valence electrons. The first-order valence-corrected chi connectivity index (χ1v) is 6.27. The van der Waals surface area contributed by atoms with Gasteiger partial charge in [0.1, 0.15) is 0 Å². The van der Waals surface area contributed by atoms with E-state index < -0.39 is 0 Å². The minimum Gasteiger partial charge on any atom is -0.355 e. The summed E-state index contributed by atoms with van der Waals surface area (Å²) in [5.41, 5.74) is 0. The largest absolute Gasteiger partial charge is 0.355 e. The normalized spacial score (nSPS) is 12.5. The minimum absolute atomic E-state index is 0. The lowest BCUT2D eigenvalue weighted by molar-refractivity contribution is -0.123. The molecule has 1 unspecified atom stereocenters. The number of carbonyl (C=O) groups is 1. The molecular weight excluding hydrogens is 188 g/mol. The molecule has 3 heteroatoms. The second-order valence-electron chi connectivity index (χ2n) is 3.90. The fourth-order valence-electron chi connectivity index (χ4n) is 1.48. The van der Waals surface area contributed by atoms with E-state index in [0.29, 0.717) is 0 Å². The third kappa shape index (κ3) is 7.37. The summed E-state index contributed by atoms with van der Waals surface area (Å²) < 4.78 is 0. The number of rotatable bonds is 9. The van der Waals surface area contributed by atoms with Gasteiger partial charge in [0.05, 0.1) is 6.04 Å². The molecule has 0 fully saturated rings. The average Bonchev–Trinajstić information content (AvgIpc) is 2.23. The number of nitrogens with one attached hydrogen (secondary N) is 2. The Morgan fingerprint density at radius 1 is 1.20 bits per heavy atom. The molecule has 0 heterocycles. The predicted molar refractivity (Wildman–Crippen MR) is 67.0 cm³/mol. The predicted octanol–water partition coefficient (Wildman–Crippen LogP) is 2.32. The van der Waals surface area contributed by atoms with Crippen molar-refractivity contribution in [1.29, 1.82) is 0 Å². The molecular formula is C12H28N2O. The van der Waals surface area contributed by atoms with E-state index in [1.165, 1.54) is 6.42 Å². The van der Waals surface area contributed by atoms with Gasteiger partial charge >= 0.3 is 0 Å².